The van der Waals surface area contributed by atoms with Gasteiger partial charge in [-0.15, -0.1) is 11.8 Å². The molecular weight excluding hydrogens is 417 g/mol. The van der Waals surface area contributed by atoms with Crippen LogP contribution in [-0.2, 0) is 23.9 Å². The van der Waals surface area contributed by atoms with E-state index >= 15 is 0 Å². The Morgan fingerprint density at radius 2 is 1.90 bits per heavy atom. The van der Waals surface area contributed by atoms with Gasteiger partial charge in [-0.05, 0) is 38.1 Å². The fraction of sp³-hybridized carbons (Fsp3) is 0.368. The van der Waals surface area contributed by atoms with Crippen LogP contribution in [0.4, 0.5) is 14.9 Å². The third-order valence-corrected chi connectivity index (χ3v) is 4.76. The number of anilines is 1. The van der Waals surface area contributed by atoms with Crippen molar-refractivity contribution in [3.05, 3.63) is 41.4 Å². The summed E-state index contributed by atoms with van der Waals surface area (Å²) in [6.07, 6.45) is 0. The second-order valence-electron chi connectivity index (χ2n) is 6.14. The standard InChI is InChI=1S/C19H22FN3O6S/c1-3-28-18(26)17-11(2)21-19(27)23-14(17)9-30-10-16(25)29-8-15(24)22-13-6-4-12(20)5-7-13/h4-7,11H,3,8-10H2,1-2H3,(H,22,24)(H2,21,23,27)/t11-/m1/s1. The van der Waals surface area contributed by atoms with Crippen LogP contribution in [0.5, 0.6) is 0 Å². The van der Waals surface area contributed by atoms with Crippen LogP contribution in [0.3, 0.4) is 0 Å². The van der Waals surface area contributed by atoms with E-state index in [0.29, 0.717) is 11.4 Å². The maximum Gasteiger partial charge on any atom is 0.337 e. The predicted molar refractivity (Wildman–Crippen MR) is 108 cm³/mol. The summed E-state index contributed by atoms with van der Waals surface area (Å²) in [5.74, 6) is -2.11. The van der Waals surface area contributed by atoms with Gasteiger partial charge in [-0.3, -0.25) is 9.59 Å². The number of rotatable bonds is 9. The van der Waals surface area contributed by atoms with Crippen LogP contribution in [0.15, 0.2) is 35.5 Å². The highest BCUT2D eigenvalue weighted by molar-refractivity contribution is 8.00. The molecule has 1 aromatic carbocycles. The van der Waals surface area contributed by atoms with Gasteiger partial charge in [0.25, 0.3) is 5.91 Å². The molecule has 2 rings (SSSR count). The maximum atomic E-state index is 12.8. The summed E-state index contributed by atoms with van der Waals surface area (Å²) in [4.78, 5) is 47.4. The first-order chi connectivity index (χ1) is 14.3. The number of thioether (sulfide) groups is 1. The van der Waals surface area contributed by atoms with Crippen molar-refractivity contribution in [2.24, 2.45) is 0 Å². The van der Waals surface area contributed by atoms with Crippen molar-refractivity contribution in [2.45, 2.75) is 19.9 Å². The van der Waals surface area contributed by atoms with Crippen molar-refractivity contribution in [2.75, 3.05) is 30.0 Å². The number of hydrogen-bond donors (Lipinski definition) is 3. The Bertz CT molecular complexity index is 843. The van der Waals surface area contributed by atoms with E-state index in [2.05, 4.69) is 16.0 Å². The molecule has 0 saturated carbocycles. The highest BCUT2D eigenvalue weighted by Crippen LogP contribution is 2.18. The smallest absolute Gasteiger partial charge is 0.337 e. The molecule has 0 saturated heterocycles. The Balaban J connectivity index is 1.81. The number of ether oxygens (including phenoxy) is 2. The van der Waals surface area contributed by atoms with Crippen LogP contribution in [0.1, 0.15) is 13.8 Å². The number of amides is 3. The molecule has 9 nitrogen and oxygen atoms in total. The lowest BCUT2D eigenvalue weighted by molar-refractivity contribution is -0.144. The van der Waals surface area contributed by atoms with Crippen molar-refractivity contribution >= 4 is 41.3 Å². The first kappa shape index (κ1) is 23.2. The summed E-state index contributed by atoms with van der Waals surface area (Å²) >= 11 is 1.11. The van der Waals surface area contributed by atoms with Gasteiger partial charge in [0, 0.05) is 17.1 Å². The second-order valence-corrected chi connectivity index (χ2v) is 7.13. The van der Waals surface area contributed by atoms with E-state index in [0.717, 1.165) is 11.8 Å². The molecule has 0 radical (unpaired) electrons. The van der Waals surface area contributed by atoms with E-state index in [4.69, 9.17) is 9.47 Å². The highest BCUT2D eigenvalue weighted by atomic mass is 32.2. The fourth-order valence-corrected chi connectivity index (χ4v) is 3.33. The molecule has 1 aliphatic rings. The van der Waals surface area contributed by atoms with E-state index in [1.807, 2.05) is 0 Å². The van der Waals surface area contributed by atoms with Gasteiger partial charge in [0.1, 0.15) is 5.82 Å². The van der Waals surface area contributed by atoms with Gasteiger partial charge in [0.05, 0.1) is 24.0 Å². The van der Waals surface area contributed by atoms with Gasteiger partial charge < -0.3 is 25.4 Å². The zero-order valence-electron chi connectivity index (χ0n) is 16.5. The van der Waals surface area contributed by atoms with E-state index in [1.54, 1.807) is 13.8 Å². The molecule has 11 heteroatoms. The van der Waals surface area contributed by atoms with Gasteiger partial charge in [0.2, 0.25) is 0 Å². The van der Waals surface area contributed by atoms with Crippen molar-refractivity contribution < 1.29 is 33.0 Å². The molecule has 1 aromatic rings. The first-order valence-corrected chi connectivity index (χ1v) is 10.2. The molecule has 30 heavy (non-hydrogen) atoms. The van der Waals surface area contributed by atoms with Crippen LogP contribution in [-0.4, -0.2) is 54.6 Å². The van der Waals surface area contributed by atoms with Crippen LogP contribution >= 0.6 is 11.8 Å². The number of urea groups is 1. The normalized spacial score (nSPS) is 15.7. The summed E-state index contributed by atoms with van der Waals surface area (Å²) in [6, 6.07) is 4.17. The van der Waals surface area contributed by atoms with Crippen molar-refractivity contribution in [3.63, 3.8) is 0 Å². The number of esters is 2. The second kappa shape index (κ2) is 11.2. The number of nitrogens with one attached hydrogen (secondary N) is 3. The molecule has 1 aliphatic heterocycles. The molecule has 0 spiro atoms. The number of hydrogen-bond acceptors (Lipinski definition) is 7. The zero-order chi connectivity index (χ0) is 22.1. The maximum absolute atomic E-state index is 12.8. The average molecular weight is 439 g/mol. The lowest BCUT2D eigenvalue weighted by atomic mass is 10.1. The number of carbonyl (C=O) groups is 4. The lowest BCUT2D eigenvalue weighted by Gasteiger charge is -2.26. The van der Waals surface area contributed by atoms with Crippen molar-refractivity contribution in [3.8, 4) is 0 Å². The molecule has 0 fully saturated rings. The monoisotopic (exact) mass is 439 g/mol. The first-order valence-electron chi connectivity index (χ1n) is 9.06. The summed E-state index contributed by atoms with van der Waals surface area (Å²) < 4.78 is 22.7. The largest absolute Gasteiger partial charge is 0.463 e. The molecular formula is C19H22FN3O6S. The minimum atomic E-state index is -0.638. The average Bonchev–Trinajstić information content (AvgIpc) is 2.68. The Kier molecular flexibility index (Phi) is 8.66. The molecule has 1 heterocycles. The number of carbonyl (C=O) groups excluding carboxylic acids is 4. The highest BCUT2D eigenvalue weighted by Gasteiger charge is 2.29. The SMILES string of the molecule is CCOC(=O)C1=C(CSCC(=O)OCC(=O)Nc2ccc(F)cc2)NC(=O)N[C@@H]1C. The van der Waals surface area contributed by atoms with Crippen molar-refractivity contribution in [1.29, 1.82) is 0 Å². The summed E-state index contributed by atoms with van der Waals surface area (Å²) in [5, 5.41) is 7.60. The molecule has 3 N–H and O–H groups in total. The molecule has 162 valence electrons. The Morgan fingerprint density at radius 1 is 1.20 bits per heavy atom. The number of benzene rings is 1. The minimum absolute atomic E-state index is 0.0961. The molecule has 0 aliphatic carbocycles. The summed E-state index contributed by atoms with van der Waals surface area (Å²) in [7, 11) is 0. The van der Waals surface area contributed by atoms with Gasteiger partial charge in [-0.2, -0.15) is 0 Å². The van der Waals surface area contributed by atoms with Crippen LogP contribution < -0.4 is 16.0 Å². The van der Waals surface area contributed by atoms with E-state index in [9.17, 15) is 23.6 Å². The number of halogens is 1. The Labute approximate surface area is 176 Å². The summed E-state index contributed by atoms with van der Waals surface area (Å²) in [6.45, 7) is 3.03. The topological polar surface area (TPSA) is 123 Å². The third-order valence-electron chi connectivity index (χ3n) is 3.82. The van der Waals surface area contributed by atoms with E-state index in [-0.39, 0.29) is 23.7 Å². The summed E-state index contributed by atoms with van der Waals surface area (Å²) in [5.41, 5.74) is 1.02. The quantitative estimate of drug-likeness (QED) is 0.499. The molecule has 3 amide bonds. The molecule has 0 unspecified atom stereocenters. The van der Waals surface area contributed by atoms with Gasteiger partial charge >= 0.3 is 18.0 Å². The van der Waals surface area contributed by atoms with Gasteiger partial charge in [-0.25, -0.2) is 14.0 Å². The van der Waals surface area contributed by atoms with Crippen LogP contribution in [0.25, 0.3) is 0 Å². The predicted octanol–water partition coefficient (Wildman–Crippen LogP) is 1.56. The van der Waals surface area contributed by atoms with E-state index in [1.165, 1.54) is 24.3 Å². The molecule has 1 atom stereocenters. The van der Waals surface area contributed by atoms with Crippen LogP contribution in [0, 0.1) is 5.82 Å². The zero-order valence-corrected chi connectivity index (χ0v) is 17.3. The van der Waals surface area contributed by atoms with Gasteiger partial charge in [0.15, 0.2) is 6.61 Å². The third kappa shape index (κ3) is 7.07. The fourth-order valence-electron chi connectivity index (χ4n) is 2.55. The van der Waals surface area contributed by atoms with Crippen LogP contribution in [0.2, 0.25) is 0 Å². The van der Waals surface area contributed by atoms with E-state index < -0.39 is 42.3 Å². The molecule has 0 aromatic heterocycles. The Morgan fingerprint density at radius 3 is 2.57 bits per heavy atom. The minimum Gasteiger partial charge on any atom is -0.463 e. The Hall–Kier alpha value is -3.08. The molecule has 0 bridgehead atoms. The lowest BCUT2D eigenvalue weighted by Crippen LogP contribution is -2.49. The van der Waals surface area contributed by atoms with Crippen molar-refractivity contribution in [1.82, 2.24) is 10.6 Å². The van der Waals surface area contributed by atoms with Gasteiger partial charge in [-0.1, -0.05) is 0 Å².